The van der Waals surface area contributed by atoms with Gasteiger partial charge >= 0.3 is 39.5 Å². The van der Waals surface area contributed by atoms with E-state index in [-0.39, 0.29) is 25.7 Å². The van der Waals surface area contributed by atoms with Crippen LogP contribution in [0.5, 0.6) is 0 Å². The van der Waals surface area contributed by atoms with E-state index in [1.807, 2.05) is 0 Å². The summed E-state index contributed by atoms with van der Waals surface area (Å²) in [6.45, 7) is 7.25. The van der Waals surface area contributed by atoms with Gasteiger partial charge in [0.15, 0.2) is 12.2 Å². The molecule has 0 aromatic heterocycles. The Kier molecular flexibility index (Phi) is 68.7. The highest BCUT2D eigenvalue weighted by atomic mass is 31.2. The largest absolute Gasteiger partial charge is 0.472 e. The molecule has 570 valence electrons. The molecule has 0 bridgehead atoms. The molecule has 0 aliphatic heterocycles. The maximum Gasteiger partial charge on any atom is 0.472 e. The first-order valence-electron chi connectivity index (χ1n) is 40.1. The molecule has 0 heterocycles. The van der Waals surface area contributed by atoms with Crippen LogP contribution in [0.25, 0.3) is 0 Å². The number of esters is 4. The molecule has 0 aromatic rings. The van der Waals surface area contributed by atoms with E-state index in [2.05, 4.69) is 34.6 Å². The molecule has 3 N–H and O–H groups in total. The van der Waals surface area contributed by atoms with Gasteiger partial charge in [0.25, 0.3) is 0 Å². The normalized spacial score (nSPS) is 13.9. The standard InChI is InChI=1S/C77H150O17P2/c1-6-9-12-15-18-21-24-26-28-30-31-32-34-36-38-41-47-52-57-62-76(81)93-72(66-88-75(80)61-56-51-46-40-37-35-33-29-27-25-22-19-16-13-10-7-2)68-91-95(83,84)89-64-71(78)65-90-96(85,86)92-69-73(67-87-74(79)60-55-50-45-39-23-20-17-14-11-8-3)94-77(82)63-58-53-48-43-42-44-49-54-59-70(4)5/h70-73,78H,6-69H2,1-5H3,(H,83,84)(H,85,86)/t71-,72-,73-/m1/s1. The second-order valence-electron chi connectivity index (χ2n) is 28.2. The Morgan fingerprint density at radius 3 is 0.708 bits per heavy atom. The maximum absolute atomic E-state index is 13.1. The van der Waals surface area contributed by atoms with Crippen molar-refractivity contribution in [2.75, 3.05) is 39.6 Å². The van der Waals surface area contributed by atoms with Crippen LogP contribution in [0.1, 0.15) is 407 Å². The first-order valence-corrected chi connectivity index (χ1v) is 43.1. The van der Waals surface area contributed by atoms with Crippen LogP contribution in [0.4, 0.5) is 0 Å². The molecular weight excluding hydrogens is 1260 g/mol. The monoisotopic (exact) mass is 1410 g/mol. The molecule has 0 amide bonds. The van der Waals surface area contributed by atoms with Gasteiger partial charge < -0.3 is 33.8 Å². The third-order valence-corrected chi connectivity index (χ3v) is 19.9. The number of phosphoric acid groups is 2. The lowest BCUT2D eigenvalue weighted by molar-refractivity contribution is -0.161. The molecule has 19 heteroatoms. The van der Waals surface area contributed by atoms with Crippen molar-refractivity contribution in [1.82, 2.24) is 0 Å². The number of aliphatic hydroxyl groups excluding tert-OH is 1. The van der Waals surface area contributed by atoms with Crippen molar-refractivity contribution in [1.29, 1.82) is 0 Å². The van der Waals surface area contributed by atoms with Crippen LogP contribution in [0.15, 0.2) is 0 Å². The van der Waals surface area contributed by atoms with E-state index in [4.69, 9.17) is 37.0 Å². The molecule has 0 fully saturated rings. The predicted octanol–water partition coefficient (Wildman–Crippen LogP) is 22.9. The van der Waals surface area contributed by atoms with Crippen LogP contribution < -0.4 is 0 Å². The third-order valence-electron chi connectivity index (χ3n) is 18.0. The number of hydrogen-bond acceptors (Lipinski definition) is 15. The Hall–Kier alpha value is -1.94. The first kappa shape index (κ1) is 94.1. The molecule has 0 aliphatic rings. The summed E-state index contributed by atoms with van der Waals surface area (Å²) in [7, 11) is -9.91. The topological polar surface area (TPSA) is 237 Å². The zero-order valence-electron chi connectivity index (χ0n) is 62.5. The number of rotatable bonds is 77. The Morgan fingerprint density at radius 2 is 0.479 bits per heavy atom. The van der Waals surface area contributed by atoms with Gasteiger partial charge in [-0.2, -0.15) is 0 Å². The molecule has 2 unspecified atom stereocenters. The van der Waals surface area contributed by atoms with Gasteiger partial charge in [-0.3, -0.25) is 37.3 Å². The second kappa shape index (κ2) is 70.1. The molecule has 0 spiro atoms. The third kappa shape index (κ3) is 70.5. The van der Waals surface area contributed by atoms with Gasteiger partial charge in [-0.25, -0.2) is 9.13 Å². The van der Waals surface area contributed by atoms with Crippen LogP contribution in [0.2, 0.25) is 0 Å². The molecule has 5 atom stereocenters. The minimum atomic E-state index is -4.96. The van der Waals surface area contributed by atoms with Gasteiger partial charge in [-0.15, -0.1) is 0 Å². The molecule has 17 nitrogen and oxygen atoms in total. The van der Waals surface area contributed by atoms with Gasteiger partial charge in [0.2, 0.25) is 0 Å². The average molecular weight is 1410 g/mol. The summed E-state index contributed by atoms with van der Waals surface area (Å²) in [5.74, 6) is -1.40. The van der Waals surface area contributed by atoms with Crippen molar-refractivity contribution in [3.05, 3.63) is 0 Å². The van der Waals surface area contributed by atoms with Crippen molar-refractivity contribution in [3.8, 4) is 0 Å². The smallest absolute Gasteiger partial charge is 0.462 e. The fourth-order valence-electron chi connectivity index (χ4n) is 11.9. The van der Waals surface area contributed by atoms with Crippen molar-refractivity contribution < 1.29 is 80.2 Å². The van der Waals surface area contributed by atoms with Crippen molar-refractivity contribution in [3.63, 3.8) is 0 Å². The molecule has 0 rings (SSSR count). The van der Waals surface area contributed by atoms with Crippen molar-refractivity contribution in [2.45, 2.75) is 425 Å². The van der Waals surface area contributed by atoms with Crippen LogP contribution in [-0.4, -0.2) is 96.7 Å². The lowest BCUT2D eigenvalue weighted by atomic mass is 10.0. The van der Waals surface area contributed by atoms with E-state index in [1.165, 1.54) is 231 Å². The summed E-state index contributed by atoms with van der Waals surface area (Å²) in [5.41, 5.74) is 0. The van der Waals surface area contributed by atoms with Crippen LogP contribution in [0, 0.1) is 5.92 Å². The minimum Gasteiger partial charge on any atom is -0.462 e. The minimum absolute atomic E-state index is 0.105. The summed E-state index contributed by atoms with van der Waals surface area (Å²) >= 11 is 0. The molecular formula is C77H150O17P2. The van der Waals surface area contributed by atoms with Crippen LogP contribution in [-0.2, 0) is 65.4 Å². The Bertz CT molecular complexity index is 1840. The fraction of sp³-hybridized carbons (Fsp3) is 0.948. The van der Waals surface area contributed by atoms with E-state index in [0.29, 0.717) is 25.7 Å². The molecule has 96 heavy (non-hydrogen) atoms. The molecule has 0 saturated heterocycles. The van der Waals surface area contributed by atoms with E-state index < -0.39 is 97.5 Å². The number of carbonyl (C=O) groups is 4. The fourth-order valence-corrected chi connectivity index (χ4v) is 13.5. The highest BCUT2D eigenvalue weighted by Crippen LogP contribution is 2.45. The van der Waals surface area contributed by atoms with Crippen LogP contribution in [0.3, 0.4) is 0 Å². The molecule has 0 radical (unpaired) electrons. The Labute approximate surface area is 588 Å². The van der Waals surface area contributed by atoms with E-state index >= 15 is 0 Å². The maximum atomic E-state index is 13.1. The van der Waals surface area contributed by atoms with Crippen molar-refractivity contribution in [2.24, 2.45) is 5.92 Å². The van der Waals surface area contributed by atoms with Gasteiger partial charge in [0, 0.05) is 25.7 Å². The number of unbranched alkanes of at least 4 members (excludes halogenated alkanes) is 49. The van der Waals surface area contributed by atoms with Gasteiger partial charge in [0.05, 0.1) is 26.4 Å². The Morgan fingerprint density at radius 1 is 0.281 bits per heavy atom. The highest BCUT2D eigenvalue weighted by Gasteiger charge is 2.30. The van der Waals surface area contributed by atoms with E-state index in [1.54, 1.807) is 0 Å². The number of hydrogen-bond donors (Lipinski definition) is 3. The summed E-state index contributed by atoms with van der Waals surface area (Å²) < 4.78 is 68.5. The van der Waals surface area contributed by atoms with Crippen molar-refractivity contribution >= 4 is 39.5 Å². The highest BCUT2D eigenvalue weighted by molar-refractivity contribution is 7.47. The number of ether oxygens (including phenoxy) is 4. The number of phosphoric ester groups is 2. The quantitative estimate of drug-likeness (QED) is 0.0222. The molecule has 0 aliphatic carbocycles. The van der Waals surface area contributed by atoms with E-state index in [0.717, 1.165) is 95.8 Å². The van der Waals surface area contributed by atoms with Gasteiger partial charge in [0.1, 0.15) is 19.3 Å². The molecule has 0 aromatic carbocycles. The zero-order valence-corrected chi connectivity index (χ0v) is 64.3. The second-order valence-corrected chi connectivity index (χ2v) is 31.1. The lowest BCUT2D eigenvalue weighted by Gasteiger charge is -2.21. The first-order chi connectivity index (χ1) is 46.5. The van der Waals surface area contributed by atoms with E-state index in [9.17, 15) is 43.2 Å². The molecule has 0 saturated carbocycles. The number of aliphatic hydroxyl groups is 1. The van der Waals surface area contributed by atoms with Crippen LogP contribution >= 0.6 is 15.6 Å². The zero-order chi connectivity index (χ0) is 70.5. The van der Waals surface area contributed by atoms with Gasteiger partial charge in [-0.1, -0.05) is 356 Å². The van der Waals surface area contributed by atoms with Gasteiger partial charge in [-0.05, 0) is 31.6 Å². The average Bonchev–Trinajstić information content (AvgIpc) is 1.17. The summed E-state index contributed by atoms with van der Waals surface area (Å²) in [4.78, 5) is 72.8. The predicted molar refractivity (Wildman–Crippen MR) is 391 cm³/mol. The number of carbonyl (C=O) groups excluding carboxylic acids is 4. The summed E-state index contributed by atoms with van der Waals surface area (Å²) in [6.07, 6.45) is 59.7. The lowest BCUT2D eigenvalue weighted by Crippen LogP contribution is -2.30. The Balaban J connectivity index is 5.22. The summed E-state index contributed by atoms with van der Waals surface area (Å²) in [6, 6.07) is 0. The SMILES string of the molecule is CCCCCCCCCCCCCCCCCCCCCC(=O)O[C@H](COC(=O)CCCCCCCCCCCCCCCCCC)COP(=O)(O)OC[C@@H](O)COP(=O)(O)OC[C@@H](COC(=O)CCCCCCCCCCCC)OC(=O)CCCCCCCCCCC(C)C. The summed E-state index contributed by atoms with van der Waals surface area (Å²) in [5, 5.41) is 10.6.